The van der Waals surface area contributed by atoms with E-state index < -0.39 is 0 Å². The topological polar surface area (TPSA) is 18.5 Å². The molecule has 3 aromatic rings. The SMILES string of the molecule is CCC(C)Oc1ccc(C#CC#Cc2cc(C)c(C#CC#Cc3ccc(OC(C)CC)cc3)cc2C)cc1. The van der Waals surface area contributed by atoms with E-state index in [1.54, 1.807) is 0 Å². The number of rotatable bonds is 6. The molecular formula is C36H34O2. The number of benzene rings is 3. The Balaban J connectivity index is 1.64. The van der Waals surface area contributed by atoms with Crippen LogP contribution in [-0.2, 0) is 0 Å². The standard InChI is InChI=1S/C36H34O2/c1-7-29(5)37-35-21-17-31(18-22-35)13-9-11-15-33-25-28(4)34(26-27(33)3)16-12-10-14-32-19-23-36(24-20-32)38-30(6)8-2/h17-26,29-30H,7-8H2,1-6H3. The van der Waals surface area contributed by atoms with E-state index in [-0.39, 0.29) is 12.2 Å². The Bertz CT molecular complexity index is 1360. The van der Waals surface area contributed by atoms with Crippen LogP contribution >= 0.6 is 0 Å². The van der Waals surface area contributed by atoms with E-state index in [0.717, 1.165) is 57.7 Å². The second kappa shape index (κ2) is 14.3. The van der Waals surface area contributed by atoms with Crippen LogP contribution in [0.25, 0.3) is 0 Å². The van der Waals surface area contributed by atoms with E-state index in [1.807, 2.05) is 62.4 Å². The van der Waals surface area contributed by atoms with Crippen molar-refractivity contribution in [1.82, 2.24) is 0 Å². The third kappa shape index (κ3) is 8.86. The minimum absolute atomic E-state index is 0.202. The van der Waals surface area contributed by atoms with Gasteiger partial charge in [0.1, 0.15) is 11.5 Å². The Kier molecular flexibility index (Phi) is 10.6. The lowest BCUT2D eigenvalue weighted by Crippen LogP contribution is -2.09. The van der Waals surface area contributed by atoms with Gasteiger partial charge in [-0.15, -0.1) is 0 Å². The van der Waals surface area contributed by atoms with E-state index in [1.165, 1.54) is 0 Å². The number of ether oxygens (including phenoxy) is 2. The molecule has 0 saturated carbocycles. The molecule has 0 spiro atoms. The molecule has 0 bridgehead atoms. The molecule has 0 aliphatic rings. The van der Waals surface area contributed by atoms with E-state index in [2.05, 4.69) is 87.2 Å². The van der Waals surface area contributed by atoms with Gasteiger partial charge >= 0.3 is 0 Å². The van der Waals surface area contributed by atoms with Gasteiger partial charge in [0, 0.05) is 22.3 Å². The van der Waals surface area contributed by atoms with Crippen molar-refractivity contribution in [3.05, 3.63) is 94.0 Å². The van der Waals surface area contributed by atoms with Gasteiger partial charge in [-0.2, -0.15) is 0 Å². The van der Waals surface area contributed by atoms with Gasteiger partial charge in [0.15, 0.2) is 0 Å². The van der Waals surface area contributed by atoms with Crippen molar-refractivity contribution in [3.63, 3.8) is 0 Å². The highest BCUT2D eigenvalue weighted by atomic mass is 16.5. The molecule has 0 radical (unpaired) electrons. The van der Waals surface area contributed by atoms with Crippen LogP contribution in [0, 0.1) is 61.2 Å². The molecule has 0 aromatic heterocycles. The highest BCUT2D eigenvalue weighted by molar-refractivity contribution is 5.55. The average molecular weight is 499 g/mol. The fourth-order valence-corrected chi connectivity index (χ4v) is 3.35. The first kappa shape index (κ1) is 28.1. The van der Waals surface area contributed by atoms with Crippen molar-refractivity contribution in [3.8, 4) is 58.9 Å². The molecule has 2 atom stereocenters. The first-order chi connectivity index (χ1) is 18.4. The highest BCUT2D eigenvalue weighted by Gasteiger charge is 2.02. The summed E-state index contributed by atoms with van der Waals surface area (Å²) in [4.78, 5) is 0. The van der Waals surface area contributed by atoms with E-state index in [9.17, 15) is 0 Å². The molecule has 0 saturated heterocycles. The first-order valence-electron chi connectivity index (χ1n) is 13.1. The summed E-state index contributed by atoms with van der Waals surface area (Å²) in [6.45, 7) is 12.4. The molecule has 3 aromatic carbocycles. The van der Waals surface area contributed by atoms with Crippen LogP contribution in [0.3, 0.4) is 0 Å². The van der Waals surface area contributed by atoms with Crippen LogP contribution in [-0.4, -0.2) is 12.2 Å². The maximum absolute atomic E-state index is 5.81. The smallest absolute Gasteiger partial charge is 0.119 e. The van der Waals surface area contributed by atoms with Crippen molar-refractivity contribution < 1.29 is 9.47 Å². The molecule has 2 nitrogen and oxygen atoms in total. The van der Waals surface area contributed by atoms with Crippen LogP contribution < -0.4 is 9.47 Å². The molecule has 0 amide bonds. The van der Waals surface area contributed by atoms with Gasteiger partial charge in [-0.3, -0.25) is 0 Å². The summed E-state index contributed by atoms with van der Waals surface area (Å²) in [6.07, 6.45) is 2.35. The summed E-state index contributed by atoms with van der Waals surface area (Å²) in [5, 5.41) is 0. The Morgan fingerprint density at radius 3 is 1.24 bits per heavy atom. The summed E-state index contributed by atoms with van der Waals surface area (Å²) in [5.41, 5.74) is 5.84. The maximum Gasteiger partial charge on any atom is 0.119 e. The van der Waals surface area contributed by atoms with Crippen LogP contribution in [0.5, 0.6) is 11.5 Å². The number of hydrogen-bond donors (Lipinski definition) is 0. The maximum atomic E-state index is 5.81. The minimum atomic E-state index is 0.202. The second-order valence-corrected chi connectivity index (χ2v) is 9.20. The first-order valence-corrected chi connectivity index (χ1v) is 13.1. The third-order valence-corrected chi connectivity index (χ3v) is 6.04. The van der Waals surface area contributed by atoms with E-state index in [4.69, 9.17) is 9.47 Å². The lowest BCUT2D eigenvalue weighted by molar-refractivity contribution is 0.217. The third-order valence-electron chi connectivity index (χ3n) is 6.04. The molecule has 2 heteroatoms. The Labute approximate surface area is 228 Å². The van der Waals surface area contributed by atoms with Crippen LogP contribution in [0.4, 0.5) is 0 Å². The summed E-state index contributed by atoms with van der Waals surface area (Å²) in [5.74, 6) is 26.1. The second-order valence-electron chi connectivity index (χ2n) is 9.20. The van der Waals surface area contributed by atoms with E-state index >= 15 is 0 Å². The van der Waals surface area contributed by atoms with Gasteiger partial charge < -0.3 is 9.47 Å². The zero-order valence-corrected chi connectivity index (χ0v) is 23.2. The van der Waals surface area contributed by atoms with E-state index in [0.29, 0.717) is 0 Å². The minimum Gasteiger partial charge on any atom is -0.491 e. The molecule has 190 valence electrons. The molecule has 38 heavy (non-hydrogen) atoms. The molecule has 3 rings (SSSR count). The van der Waals surface area contributed by atoms with Crippen LogP contribution in [0.2, 0.25) is 0 Å². The summed E-state index contributed by atoms with van der Waals surface area (Å²) in [6, 6.07) is 19.7. The molecular weight excluding hydrogens is 464 g/mol. The summed E-state index contributed by atoms with van der Waals surface area (Å²) in [7, 11) is 0. The fourth-order valence-electron chi connectivity index (χ4n) is 3.35. The zero-order chi connectivity index (χ0) is 27.3. The van der Waals surface area contributed by atoms with Crippen molar-refractivity contribution >= 4 is 0 Å². The van der Waals surface area contributed by atoms with Crippen molar-refractivity contribution in [1.29, 1.82) is 0 Å². The fraction of sp³-hybridized carbons (Fsp3) is 0.278. The molecule has 0 N–H and O–H groups in total. The van der Waals surface area contributed by atoms with Crippen LogP contribution in [0.15, 0.2) is 60.7 Å². The quantitative estimate of drug-likeness (QED) is 0.328. The highest BCUT2D eigenvalue weighted by Crippen LogP contribution is 2.16. The molecule has 0 aliphatic carbocycles. The monoisotopic (exact) mass is 498 g/mol. The van der Waals surface area contributed by atoms with Crippen molar-refractivity contribution in [2.75, 3.05) is 0 Å². The molecule has 2 unspecified atom stereocenters. The normalized spacial score (nSPS) is 11.1. The lowest BCUT2D eigenvalue weighted by Gasteiger charge is -2.11. The zero-order valence-electron chi connectivity index (χ0n) is 23.2. The number of hydrogen-bond acceptors (Lipinski definition) is 2. The predicted octanol–water partition coefficient (Wildman–Crippen LogP) is 7.46. The Morgan fingerprint density at radius 2 is 0.895 bits per heavy atom. The lowest BCUT2D eigenvalue weighted by atomic mass is 10.0. The number of aryl methyl sites for hydroxylation is 2. The van der Waals surface area contributed by atoms with Gasteiger partial charge in [-0.25, -0.2) is 0 Å². The Morgan fingerprint density at radius 1 is 0.553 bits per heavy atom. The summed E-state index contributed by atoms with van der Waals surface area (Å²) >= 11 is 0. The van der Waals surface area contributed by atoms with Gasteiger partial charge in [0.05, 0.1) is 12.2 Å². The molecule has 0 fully saturated rings. The van der Waals surface area contributed by atoms with Gasteiger partial charge in [-0.1, -0.05) is 37.5 Å². The summed E-state index contributed by atoms with van der Waals surface area (Å²) < 4.78 is 11.6. The van der Waals surface area contributed by atoms with Crippen molar-refractivity contribution in [2.24, 2.45) is 0 Å². The van der Waals surface area contributed by atoms with Gasteiger partial charge in [0.2, 0.25) is 0 Å². The van der Waals surface area contributed by atoms with Crippen molar-refractivity contribution in [2.45, 2.75) is 66.6 Å². The van der Waals surface area contributed by atoms with Gasteiger partial charge in [-0.05, 0) is 136 Å². The predicted molar refractivity (Wildman–Crippen MR) is 157 cm³/mol. The average Bonchev–Trinajstić information content (AvgIpc) is 2.92. The van der Waals surface area contributed by atoms with Crippen LogP contribution in [0.1, 0.15) is 73.9 Å². The molecule has 0 aliphatic heterocycles. The van der Waals surface area contributed by atoms with Gasteiger partial charge in [0.25, 0.3) is 0 Å². The largest absolute Gasteiger partial charge is 0.491 e. The molecule has 0 heterocycles. The Hall–Kier alpha value is -4.50.